The maximum atomic E-state index is 13.0. The van der Waals surface area contributed by atoms with E-state index in [1.54, 1.807) is 58.9 Å². The Labute approximate surface area is 252 Å². The van der Waals surface area contributed by atoms with Crippen molar-refractivity contribution in [3.8, 4) is 0 Å². The van der Waals surface area contributed by atoms with E-state index in [0.29, 0.717) is 54.7 Å². The lowest BCUT2D eigenvalue weighted by atomic mass is 10.0. The van der Waals surface area contributed by atoms with Gasteiger partial charge in [-0.3, -0.25) is 19.7 Å². The third-order valence-corrected chi connectivity index (χ3v) is 9.24. The van der Waals surface area contributed by atoms with Gasteiger partial charge >= 0.3 is 0 Å². The van der Waals surface area contributed by atoms with E-state index in [-0.39, 0.29) is 17.7 Å². The van der Waals surface area contributed by atoms with Crippen LogP contribution in [0.2, 0.25) is 0 Å². The van der Waals surface area contributed by atoms with Crippen molar-refractivity contribution < 1.29 is 29.7 Å². The van der Waals surface area contributed by atoms with Crippen LogP contribution in [0.5, 0.6) is 0 Å². The van der Waals surface area contributed by atoms with Crippen LogP contribution >= 0.6 is 23.1 Å². The van der Waals surface area contributed by atoms with Gasteiger partial charge in [0.15, 0.2) is 5.13 Å². The Morgan fingerprint density at radius 3 is 2.24 bits per heavy atom. The zero-order valence-corrected chi connectivity index (χ0v) is 24.9. The fraction of sp³-hybridized carbons (Fsp3) is 0.379. The third kappa shape index (κ3) is 8.15. The van der Waals surface area contributed by atoms with E-state index >= 15 is 0 Å². The molecule has 11 nitrogen and oxygen atoms in total. The highest BCUT2D eigenvalue weighted by Crippen LogP contribution is 2.31. The van der Waals surface area contributed by atoms with E-state index in [1.807, 2.05) is 24.3 Å². The molecular weight excluding hydrogens is 578 g/mol. The van der Waals surface area contributed by atoms with E-state index in [9.17, 15) is 29.7 Å². The first-order valence-electron chi connectivity index (χ1n) is 13.5. The quantitative estimate of drug-likeness (QED) is 0.192. The summed E-state index contributed by atoms with van der Waals surface area (Å²) in [5, 5.41) is 34.5. The largest absolute Gasteiger partial charge is 0.394 e. The van der Waals surface area contributed by atoms with Gasteiger partial charge in [0.25, 0.3) is 11.8 Å². The smallest absolute Gasteiger partial charge is 0.257 e. The van der Waals surface area contributed by atoms with E-state index in [2.05, 4.69) is 15.6 Å². The predicted octanol–water partition coefficient (Wildman–Crippen LogP) is 1.80. The molecule has 1 aromatic heterocycles. The highest BCUT2D eigenvalue weighted by atomic mass is 32.2. The molecule has 1 saturated heterocycles. The summed E-state index contributed by atoms with van der Waals surface area (Å²) in [6.45, 7) is 2.74. The summed E-state index contributed by atoms with van der Waals surface area (Å²) in [4.78, 5) is 45.1. The van der Waals surface area contributed by atoms with Crippen molar-refractivity contribution in [3.63, 3.8) is 0 Å². The summed E-state index contributed by atoms with van der Waals surface area (Å²) < 4.78 is 0.920. The standard InChI is InChI=1S/C29H35N5O6S2/c1-20(38)33-9-11-34(12-10-33)27(40)24-4-2-3-22(13-24)16-41-25-15-30-28(42-25)32-26(39)23-7-5-21(6-8-23)14-31-29(17-35,18-36)19-37/h2-8,13,15,31,35-37H,9-12,14,16-19H2,1H3,(H,30,32,39). The highest BCUT2D eigenvalue weighted by Gasteiger charge is 2.27. The number of aliphatic hydroxyl groups is 3. The molecule has 13 heteroatoms. The number of nitrogens with zero attached hydrogens (tertiary/aromatic N) is 3. The van der Waals surface area contributed by atoms with E-state index in [0.717, 1.165) is 15.3 Å². The molecule has 2 aromatic carbocycles. The van der Waals surface area contributed by atoms with Gasteiger partial charge in [-0.15, -0.1) is 11.8 Å². The second-order valence-corrected chi connectivity index (χ2v) is 12.3. The molecule has 3 amide bonds. The number of aliphatic hydroxyl groups excluding tert-OH is 3. The lowest BCUT2D eigenvalue weighted by Crippen LogP contribution is -2.54. The molecule has 224 valence electrons. The molecule has 4 rings (SSSR count). The minimum atomic E-state index is -1.18. The van der Waals surface area contributed by atoms with Crippen LogP contribution in [0.4, 0.5) is 5.13 Å². The van der Waals surface area contributed by atoms with Crippen molar-refractivity contribution in [3.05, 3.63) is 77.0 Å². The van der Waals surface area contributed by atoms with Gasteiger partial charge in [-0.25, -0.2) is 4.98 Å². The van der Waals surface area contributed by atoms with Crippen LogP contribution in [0.15, 0.2) is 58.9 Å². The molecule has 0 unspecified atom stereocenters. The Morgan fingerprint density at radius 1 is 0.929 bits per heavy atom. The normalized spacial score (nSPS) is 13.7. The number of rotatable bonds is 12. The second-order valence-electron chi connectivity index (χ2n) is 10.0. The van der Waals surface area contributed by atoms with E-state index < -0.39 is 25.4 Å². The topological polar surface area (TPSA) is 155 Å². The van der Waals surface area contributed by atoms with Gasteiger partial charge in [0.05, 0.1) is 35.8 Å². The average Bonchev–Trinajstić information content (AvgIpc) is 3.48. The van der Waals surface area contributed by atoms with Gasteiger partial charge in [-0.1, -0.05) is 35.6 Å². The van der Waals surface area contributed by atoms with Crippen LogP contribution in [0.25, 0.3) is 0 Å². The van der Waals surface area contributed by atoms with Crippen LogP contribution in [-0.4, -0.2) is 99.4 Å². The lowest BCUT2D eigenvalue weighted by Gasteiger charge is -2.34. The van der Waals surface area contributed by atoms with Gasteiger partial charge < -0.3 is 30.4 Å². The predicted molar refractivity (Wildman–Crippen MR) is 161 cm³/mol. The number of thioether (sulfide) groups is 1. The van der Waals surface area contributed by atoms with Gasteiger partial charge in [0.2, 0.25) is 5.91 Å². The molecule has 0 aliphatic carbocycles. The molecular formula is C29H35N5O6S2. The number of thiazole rings is 1. The molecule has 5 N–H and O–H groups in total. The molecule has 1 fully saturated rings. The number of aromatic nitrogens is 1. The van der Waals surface area contributed by atoms with Crippen LogP contribution in [0, 0.1) is 0 Å². The Bertz CT molecular complexity index is 1360. The molecule has 3 aromatic rings. The third-order valence-electron chi connectivity index (χ3n) is 7.06. The lowest BCUT2D eigenvalue weighted by molar-refractivity contribution is -0.130. The molecule has 0 atom stereocenters. The SMILES string of the molecule is CC(=O)N1CCN(C(=O)c2cccc(CSc3cnc(NC(=O)c4ccc(CNC(CO)(CO)CO)cc4)s3)c2)CC1. The zero-order chi connectivity index (χ0) is 30.1. The van der Waals surface area contributed by atoms with Crippen LogP contribution in [-0.2, 0) is 17.1 Å². The average molecular weight is 614 g/mol. The Morgan fingerprint density at radius 2 is 1.60 bits per heavy atom. The molecule has 2 heterocycles. The Balaban J connectivity index is 1.27. The molecule has 0 radical (unpaired) electrons. The van der Waals surface area contributed by atoms with Crippen LogP contribution < -0.4 is 10.6 Å². The van der Waals surface area contributed by atoms with Crippen molar-refractivity contribution in [2.75, 3.05) is 51.3 Å². The zero-order valence-electron chi connectivity index (χ0n) is 23.3. The Hall–Kier alpha value is -3.33. The van der Waals surface area contributed by atoms with Gasteiger partial charge in [0, 0.05) is 56.5 Å². The number of piperazine rings is 1. The second kappa shape index (κ2) is 14.7. The minimum absolute atomic E-state index is 0.0285. The van der Waals surface area contributed by atoms with Crippen molar-refractivity contribution in [1.29, 1.82) is 0 Å². The van der Waals surface area contributed by atoms with Crippen molar-refractivity contribution in [2.24, 2.45) is 0 Å². The van der Waals surface area contributed by atoms with Gasteiger partial charge in [-0.2, -0.15) is 0 Å². The maximum absolute atomic E-state index is 13.0. The summed E-state index contributed by atoms with van der Waals surface area (Å²) in [5.41, 5.74) is 1.71. The fourth-order valence-corrected chi connectivity index (χ4v) is 6.10. The number of benzene rings is 2. The molecule has 1 aliphatic heterocycles. The molecule has 0 spiro atoms. The Kier molecular flexibility index (Phi) is 11.1. The minimum Gasteiger partial charge on any atom is -0.394 e. The number of amides is 3. The number of hydrogen-bond acceptors (Lipinski definition) is 10. The van der Waals surface area contributed by atoms with Crippen LogP contribution in [0.1, 0.15) is 38.8 Å². The summed E-state index contributed by atoms with van der Waals surface area (Å²) >= 11 is 2.93. The first-order chi connectivity index (χ1) is 20.3. The first-order valence-corrected chi connectivity index (χ1v) is 15.3. The van der Waals surface area contributed by atoms with Gasteiger partial charge in [0.1, 0.15) is 0 Å². The van der Waals surface area contributed by atoms with Crippen LogP contribution in [0.3, 0.4) is 0 Å². The number of anilines is 1. The van der Waals surface area contributed by atoms with Gasteiger partial charge in [-0.05, 0) is 35.4 Å². The summed E-state index contributed by atoms with van der Waals surface area (Å²) in [6.07, 6.45) is 1.71. The number of hydrogen-bond donors (Lipinski definition) is 5. The fourth-order valence-electron chi connectivity index (χ4n) is 4.29. The molecule has 0 saturated carbocycles. The number of carbonyl (C=O) groups is 3. The highest BCUT2D eigenvalue weighted by molar-refractivity contribution is 8.00. The summed E-state index contributed by atoms with van der Waals surface area (Å²) in [7, 11) is 0. The van der Waals surface area contributed by atoms with Crippen molar-refractivity contribution in [1.82, 2.24) is 20.1 Å². The molecule has 1 aliphatic rings. The summed E-state index contributed by atoms with van der Waals surface area (Å²) in [6, 6.07) is 14.4. The van der Waals surface area contributed by atoms with E-state index in [4.69, 9.17) is 0 Å². The monoisotopic (exact) mass is 613 g/mol. The maximum Gasteiger partial charge on any atom is 0.257 e. The first kappa shape index (κ1) is 31.6. The number of carbonyl (C=O) groups excluding carboxylic acids is 3. The number of nitrogens with one attached hydrogen (secondary N) is 2. The van der Waals surface area contributed by atoms with Crippen molar-refractivity contribution >= 4 is 46.0 Å². The molecule has 0 bridgehead atoms. The van der Waals surface area contributed by atoms with E-state index in [1.165, 1.54) is 11.3 Å². The molecule has 42 heavy (non-hydrogen) atoms. The van der Waals surface area contributed by atoms with Crippen molar-refractivity contribution in [2.45, 2.75) is 29.0 Å². The summed E-state index contributed by atoms with van der Waals surface area (Å²) in [5.74, 6) is 0.326.